The maximum atomic E-state index is 13.0. The quantitative estimate of drug-likeness (QED) is 0.221. The van der Waals surface area contributed by atoms with Gasteiger partial charge >= 0.3 is 0 Å². The van der Waals surface area contributed by atoms with Gasteiger partial charge in [-0.3, -0.25) is 14.4 Å². The van der Waals surface area contributed by atoms with Crippen LogP contribution in [-0.4, -0.2) is 35.2 Å². The normalized spacial score (nSPS) is 14.6. The van der Waals surface area contributed by atoms with Crippen LogP contribution in [-0.2, 0) is 22.4 Å². The summed E-state index contributed by atoms with van der Waals surface area (Å²) in [5.74, 6) is -0.276. The topological polar surface area (TPSA) is 78.5 Å². The molecule has 1 atom stereocenters. The van der Waals surface area contributed by atoms with Gasteiger partial charge in [-0.1, -0.05) is 91.9 Å². The molecule has 5 rings (SSSR count). The number of hydrogen-bond acceptors (Lipinski definition) is 3. The van der Waals surface area contributed by atoms with Crippen molar-refractivity contribution in [2.45, 2.75) is 38.6 Å². The first-order valence-corrected chi connectivity index (χ1v) is 14.4. The Bertz CT molecular complexity index is 1560. The Morgan fingerprint density at radius 2 is 1.36 bits per heavy atom. The fourth-order valence-electron chi connectivity index (χ4n) is 5.23. The minimum atomic E-state index is -0.449. The van der Waals surface area contributed by atoms with Crippen LogP contribution in [0.1, 0.15) is 52.4 Å². The molecular weight excluding hydrogens is 522 g/mol. The summed E-state index contributed by atoms with van der Waals surface area (Å²) < 4.78 is 0. The summed E-state index contributed by atoms with van der Waals surface area (Å²) in [5, 5.41) is 5.96. The number of benzene rings is 4. The van der Waals surface area contributed by atoms with E-state index in [9.17, 15) is 14.4 Å². The highest BCUT2D eigenvalue weighted by molar-refractivity contribution is 6.05. The number of carbonyl (C=O) groups excluding carboxylic acids is 3. The zero-order valence-electron chi connectivity index (χ0n) is 23.8. The highest BCUT2D eigenvalue weighted by atomic mass is 16.2. The van der Waals surface area contributed by atoms with Crippen LogP contribution >= 0.6 is 0 Å². The molecule has 1 heterocycles. The molecule has 0 saturated carbocycles. The van der Waals surface area contributed by atoms with Crippen LogP contribution in [0.3, 0.4) is 0 Å². The van der Waals surface area contributed by atoms with Gasteiger partial charge in [-0.2, -0.15) is 0 Å². The first-order valence-electron chi connectivity index (χ1n) is 14.4. The number of anilines is 2. The molecule has 1 aliphatic heterocycles. The van der Waals surface area contributed by atoms with Crippen LogP contribution in [0.15, 0.2) is 103 Å². The van der Waals surface area contributed by atoms with Crippen LogP contribution < -0.4 is 10.6 Å². The van der Waals surface area contributed by atoms with E-state index in [4.69, 9.17) is 0 Å². The second-order valence-corrected chi connectivity index (χ2v) is 10.4. The SMILES string of the molecule is CCc1ccccc1C(=O)Nc1ccc(C=Cc2ccc(NC(=O)[C@@H]3CCCN3C(=O)Cc3ccccc3)cc2)cc1. The van der Waals surface area contributed by atoms with E-state index in [0.29, 0.717) is 30.6 Å². The monoisotopic (exact) mass is 557 g/mol. The van der Waals surface area contributed by atoms with Gasteiger partial charge in [-0.25, -0.2) is 0 Å². The average Bonchev–Trinajstić information content (AvgIpc) is 3.53. The first-order chi connectivity index (χ1) is 20.5. The van der Waals surface area contributed by atoms with Gasteiger partial charge in [0.15, 0.2) is 0 Å². The van der Waals surface area contributed by atoms with Crippen molar-refractivity contribution in [3.8, 4) is 0 Å². The van der Waals surface area contributed by atoms with E-state index in [-0.39, 0.29) is 17.7 Å². The molecular formula is C36H35N3O3. The lowest BCUT2D eigenvalue weighted by Crippen LogP contribution is -2.43. The molecule has 0 spiro atoms. The summed E-state index contributed by atoms with van der Waals surface area (Å²) in [6.45, 7) is 2.64. The third-order valence-corrected chi connectivity index (χ3v) is 7.53. The molecule has 2 N–H and O–H groups in total. The molecule has 6 heteroatoms. The number of carbonyl (C=O) groups is 3. The average molecular weight is 558 g/mol. The zero-order chi connectivity index (χ0) is 29.3. The number of amides is 3. The van der Waals surface area contributed by atoms with Crippen LogP contribution in [0.25, 0.3) is 12.2 Å². The molecule has 1 aliphatic rings. The second-order valence-electron chi connectivity index (χ2n) is 10.4. The Kier molecular flexibility index (Phi) is 9.24. The molecule has 0 bridgehead atoms. The fraction of sp³-hybridized carbons (Fsp3) is 0.194. The summed E-state index contributed by atoms with van der Waals surface area (Å²) in [5.41, 5.74) is 6.10. The lowest BCUT2D eigenvalue weighted by Gasteiger charge is -2.24. The van der Waals surface area contributed by atoms with Gasteiger partial charge in [0.05, 0.1) is 6.42 Å². The largest absolute Gasteiger partial charge is 0.330 e. The minimum Gasteiger partial charge on any atom is -0.330 e. The van der Waals surface area contributed by atoms with Gasteiger partial charge < -0.3 is 15.5 Å². The molecule has 0 aliphatic carbocycles. The first kappa shape index (κ1) is 28.6. The smallest absolute Gasteiger partial charge is 0.255 e. The summed E-state index contributed by atoms with van der Waals surface area (Å²) in [6.07, 6.45) is 6.59. The van der Waals surface area contributed by atoms with E-state index >= 15 is 0 Å². The molecule has 212 valence electrons. The third kappa shape index (κ3) is 7.21. The second kappa shape index (κ2) is 13.6. The summed E-state index contributed by atoms with van der Waals surface area (Å²) >= 11 is 0. The Labute approximate surface area is 247 Å². The van der Waals surface area contributed by atoms with Crippen molar-refractivity contribution in [3.05, 3.63) is 131 Å². The van der Waals surface area contributed by atoms with Crippen LogP contribution in [0, 0.1) is 0 Å². The van der Waals surface area contributed by atoms with E-state index in [2.05, 4.69) is 10.6 Å². The van der Waals surface area contributed by atoms with Gasteiger partial charge in [-0.05, 0) is 71.8 Å². The predicted molar refractivity (Wildman–Crippen MR) is 169 cm³/mol. The predicted octanol–water partition coefficient (Wildman–Crippen LogP) is 6.84. The molecule has 1 saturated heterocycles. The molecule has 0 unspecified atom stereocenters. The fourth-order valence-corrected chi connectivity index (χ4v) is 5.23. The number of likely N-dealkylation sites (tertiary alicyclic amines) is 1. The summed E-state index contributed by atoms with van der Waals surface area (Å²) in [6, 6.07) is 32.1. The van der Waals surface area contributed by atoms with Gasteiger partial charge in [-0.15, -0.1) is 0 Å². The van der Waals surface area contributed by atoms with E-state index in [1.165, 1.54) is 0 Å². The molecule has 0 aromatic heterocycles. The van der Waals surface area contributed by atoms with Gasteiger partial charge in [0, 0.05) is 23.5 Å². The van der Waals surface area contributed by atoms with Gasteiger partial charge in [0.25, 0.3) is 5.91 Å². The molecule has 3 amide bonds. The van der Waals surface area contributed by atoms with E-state index in [1.54, 1.807) is 4.90 Å². The molecule has 1 fully saturated rings. The molecule has 0 radical (unpaired) electrons. The molecule has 6 nitrogen and oxygen atoms in total. The van der Waals surface area contributed by atoms with Crippen molar-refractivity contribution in [3.63, 3.8) is 0 Å². The van der Waals surface area contributed by atoms with Crippen molar-refractivity contribution < 1.29 is 14.4 Å². The van der Waals surface area contributed by atoms with Crippen molar-refractivity contribution >= 4 is 41.2 Å². The van der Waals surface area contributed by atoms with E-state index < -0.39 is 6.04 Å². The highest BCUT2D eigenvalue weighted by Gasteiger charge is 2.33. The number of nitrogens with zero attached hydrogens (tertiary/aromatic N) is 1. The minimum absolute atomic E-state index is 0.0171. The van der Waals surface area contributed by atoms with E-state index in [1.807, 2.05) is 122 Å². The van der Waals surface area contributed by atoms with Crippen LogP contribution in [0.2, 0.25) is 0 Å². The van der Waals surface area contributed by atoms with Crippen molar-refractivity contribution in [2.75, 3.05) is 17.2 Å². The van der Waals surface area contributed by atoms with Crippen molar-refractivity contribution in [1.29, 1.82) is 0 Å². The van der Waals surface area contributed by atoms with Crippen molar-refractivity contribution in [1.82, 2.24) is 4.90 Å². The van der Waals surface area contributed by atoms with E-state index in [0.717, 1.165) is 40.8 Å². The Morgan fingerprint density at radius 1 is 0.762 bits per heavy atom. The lowest BCUT2D eigenvalue weighted by atomic mass is 10.0. The van der Waals surface area contributed by atoms with Crippen LogP contribution in [0.4, 0.5) is 11.4 Å². The maximum absolute atomic E-state index is 13.0. The lowest BCUT2D eigenvalue weighted by molar-refractivity contribution is -0.136. The third-order valence-electron chi connectivity index (χ3n) is 7.53. The Hall–Kier alpha value is -4.97. The van der Waals surface area contributed by atoms with Gasteiger partial charge in [0.2, 0.25) is 11.8 Å². The standard InChI is InChI=1S/C36H35N3O3/c1-2-29-11-6-7-12-32(29)35(41)37-30-20-16-26(17-21-30)14-15-27-18-22-31(23-19-27)38-36(42)33-13-8-24-39(33)34(40)25-28-9-4-3-5-10-28/h3-7,9-12,14-23,33H,2,8,13,24-25H2,1H3,(H,37,41)(H,38,42)/t33-/m0/s1. The number of nitrogens with one attached hydrogen (secondary N) is 2. The van der Waals surface area contributed by atoms with Crippen LogP contribution in [0.5, 0.6) is 0 Å². The maximum Gasteiger partial charge on any atom is 0.255 e. The summed E-state index contributed by atoms with van der Waals surface area (Å²) in [7, 11) is 0. The van der Waals surface area contributed by atoms with Gasteiger partial charge in [0.1, 0.15) is 6.04 Å². The number of aryl methyl sites for hydroxylation is 1. The Balaban J connectivity index is 1.14. The van der Waals surface area contributed by atoms with Crippen molar-refractivity contribution in [2.24, 2.45) is 0 Å². The summed E-state index contributed by atoms with van der Waals surface area (Å²) in [4.78, 5) is 40.3. The molecule has 42 heavy (non-hydrogen) atoms. The zero-order valence-corrected chi connectivity index (χ0v) is 23.8. The highest BCUT2D eigenvalue weighted by Crippen LogP contribution is 2.22. The molecule has 4 aromatic carbocycles. The number of rotatable bonds is 9. The number of hydrogen-bond donors (Lipinski definition) is 2. The molecule has 4 aromatic rings. The Morgan fingerprint density at radius 3 is 2.00 bits per heavy atom.